The van der Waals surface area contributed by atoms with Crippen molar-refractivity contribution in [1.29, 1.82) is 0 Å². The molecule has 0 saturated carbocycles. The lowest BCUT2D eigenvalue weighted by molar-refractivity contribution is 0.0303. The van der Waals surface area contributed by atoms with Crippen molar-refractivity contribution in [3.63, 3.8) is 0 Å². The highest BCUT2D eigenvalue weighted by Crippen LogP contribution is 2.21. The zero-order chi connectivity index (χ0) is 16.9. The smallest absolute Gasteiger partial charge is 0.254 e. The van der Waals surface area contributed by atoms with E-state index in [0.29, 0.717) is 43.4 Å². The van der Waals surface area contributed by atoms with Crippen LogP contribution in [0.15, 0.2) is 42.5 Å². The van der Waals surface area contributed by atoms with Crippen LogP contribution in [0.25, 0.3) is 0 Å². The van der Waals surface area contributed by atoms with Crippen molar-refractivity contribution in [1.82, 2.24) is 4.90 Å². The highest BCUT2D eigenvalue weighted by atomic mass is 35.5. The second kappa shape index (κ2) is 7.55. The van der Waals surface area contributed by atoms with Gasteiger partial charge in [-0.15, -0.1) is 0 Å². The molecule has 1 fully saturated rings. The monoisotopic (exact) mass is 346 g/mol. The molecule has 0 radical (unpaired) electrons. The number of phenolic OH excluding ortho intramolecular Hbond substituents is 1. The molecular weight excluding hydrogens is 328 g/mol. The number of anilines is 1. The average molecular weight is 347 g/mol. The molecule has 0 aromatic heterocycles. The Labute approximate surface area is 145 Å². The molecule has 5 nitrogen and oxygen atoms in total. The Kier molecular flexibility index (Phi) is 5.23. The number of hydrogen-bond donors (Lipinski definition) is 2. The highest BCUT2D eigenvalue weighted by molar-refractivity contribution is 6.30. The lowest BCUT2D eigenvalue weighted by Gasteiger charge is -2.27. The number of halogens is 1. The quantitative estimate of drug-likeness (QED) is 0.893. The van der Waals surface area contributed by atoms with Crippen LogP contribution in [0.4, 0.5) is 5.69 Å². The Hall–Kier alpha value is -2.24. The number of nitrogens with one attached hydrogen (secondary N) is 1. The summed E-state index contributed by atoms with van der Waals surface area (Å²) in [5.74, 6) is 0.151. The summed E-state index contributed by atoms with van der Waals surface area (Å²) < 4.78 is 5.28. The Morgan fingerprint density at radius 3 is 2.75 bits per heavy atom. The molecule has 2 aromatic carbocycles. The second-order valence-corrected chi connectivity index (χ2v) is 6.09. The van der Waals surface area contributed by atoms with Crippen LogP contribution in [0.5, 0.6) is 5.75 Å². The van der Waals surface area contributed by atoms with E-state index >= 15 is 0 Å². The summed E-state index contributed by atoms with van der Waals surface area (Å²) in [6, 6.07) is 12.3. The molecule has 0 bridgehead atoms. The first kappa shape index (κ1) is 16.6. The van der Waals surface area contributed by atoms with Gasteiger partial charge in [0.25, 0.3) is 5.91 Å². The van der Waals surface area contributed by atoms with Crippen LogP contribution in [0.2, 0.25) is 5.02 Å². The maximum Gasteiger partial charge on any atom is 0.254 e. The number of phenols is 1. The number of carbonyl (C=O) groups excluding carboxylic acids is 1. The van der Waals surface area contributed by atoms with E-state index in [0.717, 1.165) is 11.3 Å². The fourth-order valence-corrected chi connectivity index (χ4v) is 2.90. The molecule has 2 aromatic rings. The minimum Gasteiger partial charge on any atom is -0.508 e. The molecular formula is C18H19ClN2O3. The summed E-state index contributed by atoms with van der Waals surface area (Å²) in [7, 11) is 0. The van der Waals surface area contributed by atoms with E-state index in [9.17, 15) is 9.90 Å². The summed E-state index contributed by atoms with van der Waals surface area (Å²) in [5, 5.41) is 13.3. The predicted molar refractivity (Wildman–Crippen MR) is 93.6 cm³/mol. The van der Waals surface area contributed by atoms with Crippen molar-refractivity contribution < 1.29 is 14.6 Å². The number of rotatable bonds is 4. The van der Waals surface area contributed by atoms with E-state index in [1.165, 1.54) is 6.07 Å². The van der Waals surface area contributed by atoms with Crippen LogP contribution in [0.3, 0.4) is 0 Å². The Bertz CT molecular complexity index is 710. The lowest BCUT2D eigenvalue weighted by atomic mass is 10.1. The molecule has 2 N–H and O–H groups in total. The molecule has 1 aliphatic heterocycles. The second-order valence-electron chi connectivity index (χ2n) is 5.66. The first-order valence-electron chi connectivity index (χ1n) is 7.81. The van der Waals surface area contributed by atoms with E-state index < -0.39 is 0 Å². The van der Waals surface area contributed by atoms with Crippen LogP contribution in [0.1, 0.15) is 15.9 Å². The third-order valence-corrected chi connectivity index (χ3v) is 4.07. The van der Waals surface area contributed by atoms with E-state index in [-0.39, 0.29) is 11.7 Å². The molecule has 126 valence electrons. The maximum absolute atomic E-state index is 12.5. The summed E-state index contributed by atoms with van der Waals surface area (Å²) in [4.78, 5) is 14.3. The van der Waals surface area contributed by atoms with Crippen molar-refractivity contribution >= 4 is 23.2 Å². The van der Waals surface area contributed by atoms with Crippen molar-refractivity contribution in [3.05, 3.63) is 58.6 Å². The number of carbonyl (C=O) groups is 1. The van der Waals surface area contributed by atoms with Gasteiger partial charge in [-0.05, 0) is 42.0 Å². The molecule has 3 rings (SSSR count). The van der Waals surface area contributed by atoms with Crippen molar-refractivity contribution in [2.24, 2.45) is 0 Å². The van der Waals surface area contributed by atoms with Crippen LogP contribution < -0.4 is 5.32 Å². The molecule has 0 aliphatic carbocycles. The van der Waals surface area contributed by atoms with Gasteiger partial charge in [-0.3, -0.25) is 4.79 Å². The van der Waals surface area contributed by atoms with Gasteiger partial charge in [-0.1, -0.05) is 17.7 Å². The SMILES string of the molecule is O=C(c1cccc(NCc2cc(O)cc(Cl)c2)c1)N1CCOCC1. The van der Waals surface area contributed by atoms with Crippen LogP contribution >= 0.6 is 11.6 Å². The van der Waals surface area contributed by atoms with Gasteiger partial charge in [0.15, 0.2) is 0 Å². The Balaban J connectivity index is 1.67. The van der Waals surface area contributed by atoms with Gasteiger partial charge in [0.05, 0.1) is 13.2 Å². The summed E-state index contributed by atoms with van der Waals surface area (Å²) in [5.41, 5.74) is 2.36. The van der Waals surface area contributed by atoms with Gasteiger partial charge in [0.2, 0.25) is 0 Å². The van der Waals surface area contributed by atoms with E-state index in [1.54, 1.807) is 17.0 Å². The first-order chi connectivity index (χ1) is 11.6. The minimum absolute atomic E-state index is 0.0161. The number of nitrogens with zero attached hydrogens (tertiary/aromatic N) is 1. The van der Waals surface area contributed by atoms with Crippen LogP contribution in [-0.2, 0) is 11.3 Å². The standard InChI is InChI=1S/C18H19ClN2O3/c19-15-8-13(9-17(22)11-15)12-20-16-3-1-2-14(10-16)18(23)21-4-6-24-7-5-21/h1-3,8-11,20,22H,4-7,12H2. The molecule has 1 aliphatic rings. The van der Waals surface area contributed by atoms with Crippen LogP contribution in [-0.4, -0.2) is 42.2 Å². The molecule has 6 heteroatoms. The average Bonchev–Trinajstić information content (AvgIpc) is 2.59. The Morgan fingerprint density at radius 1 is 1.21 bits per heavy atom. The molecule has 0 spiro atoms. The third-order valence-electron chi connectivity index (χ3n) is 3.85. The number of amides is 1. The van der Waals surface area contributed by atoms with Gasteiger partial charge in [-0.25, -0.2) is 0 Å². The number of ether oxygens (including phenoxy) is 1. The fraction of sp³-hybridized carbons (Fsp3) is 0.278. The normalized spacial score (nSPS) is 14.5. The predicted octanol–water partition coefficient (Wildman–Crippen LogP) is 3.13. The molecule has 1 heterocycles. The number of hydrogen-bond acceptors (Lipinski definition) is 4. The summed E-state index contributed by atoms with van der Waals surface area (Å²) >= 11 is 5.94. The van der Waals surface area contributed by atoms with Crippen molar-refractivity contribution in [2.45, 2.75) is 6.54 Å². The lowest BCUT2D eigenvalue weighted by Crippen LogP contribution is -2.40. The van der Waals surface area contributed by atoms with E-state index in [2.05, 4.69) is 5.32 Å². The van der Waals surface area contributed by atoms with E-state index in [4.69, 9.17) is 16.3 Å². The molecule has 0 unspecified atom stereocenters. The topological polar surface area (TPSA) is 61.8 Å². The van der Waals surface area contributed by atoms with Crippen molar-refractivity contribution in [2.75, 3.05) is 31.6 Å². The summed E-state index contributed by atoms with van der Waals surface area (Å²) in [6.45, 7) is 2.92. The molecule has 1 amide bonds. The minimum atomic E-state index is 0.0161. The van der Waals surface area contributed by atoms with Crippen LogP contribution in [0, 0.1) is 0 Å². The van der Waals surface area contributed by atoms with Gasteiger partial charge in [-0.2, -0.15) is 0 Å². The van der Waals surface area contributed by atoms with Gasteiger partial charge in [0, 0.05) is 35.9 Å². The first-order valence-corrected chi connectivity index (χ1v) is 8.19. The largest absolute Gasteiger partial charge is 0.508 e. The third kappa shape index (κ3) is 4.19. The molecule has 1 saturated heterocycles. The Morgan fingerprint density at radius 2 is 2.00 bits per heavy atom. The maximum atomic E-state index is 12.5. The molecule has 0 atom stereocenters. The number of aromatic hydroxyl groups is 1. The number of morpholine rings is 1. The van der Waals surface area contributed by atoms with E-state index in [1.807, 2.05) is 24.3 Å². The van der Waals surface area contributed by atoms with Gasteiger partial charge >= 0.3 is 0 Å². The zero-order valence-electron chi connectivity index (χ0n) is 13.2. The summed E-state index contributed by atoms with van der Waals surface area (Å²) in [6.07, 6.45) is 0. The van der Waals surface area contributed by atoms with Gasteiger partial charge in [0.1, 0.15) is 5.75 Å². The van der Waals surface area contributed by atoms with Crippen molar-refractivity contribution in [3.8, 4) is 5.75 Å². The van der Waals surface area contributed by atoms with Gasteiger partial charge < -0.3 is 20.1 Å². The fourth-order valence-electron chi connectivity index (χ4n) is 2.65. The highest BCUT2D eigenvalue weighted by Gasteiger charge is 2.18. The molecule has 24 heavy (non-hydrogen) atoms. The zero-order valence-corrected chi connectivity index (χ0v) is 13.9. The number of benzene rings is 2.